The van der Waals surface area contributed by atoms with Gasteiger partial charge in [-0.25, -0.2) is 9.97 Å². The number of thiophene rings is 1. The summed E-state index contributed by atoms with van der Waals surface area (Å²) in [4.78, 5) is 11.2. The van der Waals surface area contributed by atoms with Crippen molar-refractivity contribution in [1.82, 2.24) is 9.97 Å². The Kier molecular flexibility index (Phi) is 5.88. The van der Waals surface area contributed by atoms with Crippen LogP contribution in [0, 0.1) is 0 Å². The molecule has 5 rings (SSSR count). The van der Waals surface area contributed by atoms with Crippen LogP contribution in [0.15, 0.2) is 54.0 Å². The zero-order chi connectivity index (χ0) is 23.7. The molecule has 0 amide bonds. The number of nitrogens with one attached hydrogen (secondary N) is 1. The molecule has 2 aromatic heterocycles. The molecule has 2 aromatic carbocycles. The molecule has 0 aliphatic carbocycles. The summed E-state index contributed by atoms with van der Waals surface area (Å²) in [5.74, 6) is -0.0643. The number of benzene rings is 2. The van der Waals surface area contributed by atoms with E-state index in [9.17, 15) is 13.2 Å². The summed E-state index contributed by atoms with van der Waals surface area (Å²) in [6.45, 7) is 3.14. The molecule has 0 saturated carbocycles. The number of morpholine rings is 1. The van der Waals surface area contributed by atoms with Gasteiger partial charge in [0.15, 0.2) is 5.75 Å². The van der Waals surface area contributed by atoms with Crippen molar-refractivity contribution in [1.29, 1.82) is 0 Å². The predicted octanol–water partition coefficient (Wildman–Crippen LogP) is 5.42. The molecule has 0 radical (unpaired) electrons. The van der Waals surface area contributed by atoms with Crippen LogP contribution in [-0.4, -0.2) is 42.6 Å². The fourth-order valence-electron chi connectivity index (χ4n) is 3.71. The molecule has 0 unspecified atom stereocenters. The van der Waals surface area contributed by atoms with E-state index in [1.54, 1.807) is 12.3 Å². The first-order valence-corrected chi connectivity index (χ1v) is 11.3. The molecule has 3 heterocycles. The number of nitrogens with zero attached hydrogens (tertiary/aromatic N) is 3. The van der Waals surface area contributed by atoms with E-state index >= 15 is 0 Å². The molecule has 0 atom stereocenters. The van der Waals surface area contributed by atoms with E-state index in [2.05, 4.69) is 24.9 Å². The maximum Gasteiger partial charge on any atom is 0.573 e. The van der Waals surface area contributed by atoms with Gasteiger partial charge in [-0.05, 0) is 42.0 Å². The third kappa shape index (κ3) is 4.85. The van der Waals surface area contributed by atoms with Crippen LogP contribution in [0.1, 0.15) is 0 Å². The number of fused-ring (bicyclic) bond motifs is 1. The summed E-state index contributed by atoms with van der Waals surface area (Å²) >= 11 is 1.40. The first-order chi connectivity index (χ1) is 16.4. The lowest BCUT2D eigenvalue weighted by Crippen LogP contribution is -2.36. The lowest BCUT2D eigenvalue weighted by atomic mass is 10.1. The standard InChI is InChI=1S/C23H20F3N5O2S/c24-23(25,26)33-19-11-14(1-6-18(19)27)17-13-34-20-12-28-22(30-21(17)20)29-15-2-4-16(5-3-15)31-7-9-32-10-8-31/h1-6,11-13H,7-10,27H2,(H,28,29,30). The van der Waals surface area contributed by atoms with Crippen LogP contribution in [0.5, 0.6) is 5.75 Å². The van der Waals surface area contributed by atoms with Crippen LogP contribution in [0.4, 0.5) is 36.2 Å². The van der Waals surface area contributed by atoms with E-state index in [1.807, 2.05) is 29.6 Å². The summed E-state index contributed by atoms with van der Waals surface area (Å²) < 4.78 is 48.4. The Morgan fingerprint density at radius 2 is 1.85 bits per heavy atom. The van der Waals surface area contributed by atoms with E-state index in [4.69, 9.17) is 10.5 Å². The summed E-state index contributed by atoms with van der Waals surface area (Å²) in [5.41, 5.74) is 9.30. The molecule has 3 N–H and O–H groups in total. The minimum Gasteiger partial charge on any atom is -0.404 e. The molecule has 176 valence electrons. The summed E-state index contributed by atoms with van der Waals surface area (Å²) in [6.07, 6.45) is -3.15. The summed E-state index contributed by atoms with van der Waals surface area (Å²) in [6, 6.07) is 12.2. The number of ether oxygens (including phenoxy) is 2. The molecule has 7 nitrogen and oxygen atoms in total. The van der Waals surface area contributed by atoms with Crippen molar-refractivity contribution in [2.45, 2.75) is 6.36 Å². The number of hydrogen-bond acceptors (Lipinski definition) is 8. The van der Waals surface area contributed by atoms with Gasteiger partial charge < -0.3 is 25.4 Å². The molecule has 4 aromatic rings. The van der Waals surface area contributed by atoms with E-state index in [0.29, 0.717) is 35.8 Å². The lowest BCUT2D eigenvalue weighted by molar-refractivity contribution is -0.274. The molecule has 1 saturated heterocycles. The Balaban J connectivity index is 1.40. The first-order valence-electron chi connectivity index (χ1n) is 10.5. The van der Waals surface area contributed by atoms with Crippen molar-refractivity contribution in [3.63, 3.8) is 0 Å². The molecule has 11 heteroatoms. The van der Waals surface area contributed by atoms with Crippen LogP contribution in [0.3, 0.4) is 0 Å². The second-order valence-corrected chi connectivity index (χ2v) is 8.54. The maximum absolute atomic E-state index is 12.7. The van der Waals surface area contributed by atoms with Gasteiger partial charge in [-0.15, -0.1) is 24.5 Å². The first kappa shape index (κ1) is 22.2. The molecule has 1 aliphatic heterocycles. The minimum atomic E-state index is -4.83. The lowest BCUT2D eigenvalue weighted by Gasteiger charge is -2.28. The Morgan fingerprint density at radius 3 is 2.59 bits per heavy atom. The Labute approximate surface area is 196 Å². The number of alkyl halides is 3. The van der Waals surface area contributed by atoms with Crippen molar-refractivity contribution in [2.75, 3.05) is 42.3 Å². The zero-order valence-corrected chi connectivity index (χ0v) is 18.6. The van der Waals surface area contributed by atoms with E-state index < -0.39 is 12.1 Å². The van der Waals surface area contributed by atoms with Crippen molar-refractivity contribution in [3.8, 4) is 16.9 Å². The van der Waals surface area contributed by atoms with Gasteiger partial charge >= 0.3 is 6.36 Å². The fraction of sp³-hybridized carbons (Fsp3) is 0.217. The third-order valence-electron chi connectivity index (χ3n) is 5.36. The van der Waals surface area contributed by atoms with Crippen molar-refractivity contribution >= 4 is 44.6 Å². The highest BCUT2D eigenvalue weighted by Crippen LogP contribution is 2.37. The Bertz CT molecular complexity index is 1300. The van der Waals surface area contributed by atoms with E-state index in [0.717, 1.165) is 29.2 Å². The molecular weight excluding hydrogens is 467 g/mol. The van der Waals surface area contributed by atoms with Crippen LogP contribution in [-0.2, 0) is 4.74 Å². The number of halogens is 3. The highest BCUT2D eigenvalue weighted by Gasteiger charge is 2.32. The summed E-state index contributed by atoms with van der Waals surface area (Å²) in [7, 11) is 0. The van der Waals surface area contributed by atoms with Crippen molar-refractivity contribution in [2.24, 2.45) is 0 Å². The average molecular weight is 488 g/mol. The van der Waals surface area contributed by atoms with Crippen LogP contribution >= 0.6 is 11.3 Å². The molecule has 0 spiro atoms. The number of nitrogens with two attached hydrogens (primary N) is 1. The van der Waals surface area contributed by atoms with E-state index in [1.165, 1.54) is 23.5 Å². The van der Waals surface area contributed by atoms with E-state index in [-0.39, 0.29) is 5.69 Å². The number of anilines is 4. The van der Waals surface area contributed by atoms with Crippen molar-refractivity contribution in [3.05, 3.63) is 54.0 Å². The van der Waals surface area contributed by atoms with Gasteiger partial charge in [-0.1, -0.05) is 6.07 Å². The zero-order valence-electron chi connectivity index (χ0n) is 17.8. The number of nitrogen functional groups attached to an aromatic ring is 1. The van der Waals surface area contributed by atoms with Gasteiger partial charge in [0.2, 0.25) is 5.95 Å². The highest BCUT2D eigenvalue weighted by molar-refractivity contribution is 7.17. The minimum absolute atomic E-state index is 0.0990. The predicted molar refractivity (Wildman–Crippen MR) is 127 cm³/mol. The Morgan fingerprint density at radius 1 is 1.09 bits per heavy atom. The van der Waals surface area contributed by atoms with Gasteiger partial charge in [-0.3, -0.25) is 0 Å². The second-order valence-electron chi connectivity index (χ2n) is 7.63. The van der Waals surface area contributed by atoms with Crippen LogP contribution in [0.25, 0.3) is 21.3 Å². The topological polar surface area (TPSA) is 85.5 Å². The second kappa shape index (κ2) is 8.99. The SMILES string of the molecule is Nc1ccc(-c2csc3cnc(Nc4ccc(N5CCOCC5)cc4)nc23)cc1OC(F)(F)F. The summed E-state index contributed by atoms with van der Waals surface area (Å²) in [5, 5.41) is 5.01. The van der Waals surface area contributed by atoms with Crippen molar-refractivity contribution < 1.29 is 22.6 Å². The molecule has 1 fully saturated rings. The van der Waals surface area contributed by atoms with Crippen LogP contribution < -0.4 is 20.7 Å². The van der Waals surface area contributed by atoms with Gasteiger partial charge in [0.25, 0.3) is 0 Å². The molecule has 0 bridgehead atoms. The number of aromatic nitrogens is 2. The molecular formula is C23H20F3N5O2S. The smallest absolute Gasteiger partial charge is 0.404 e. The quantitative estimate of drug-likeness (QED) is 0.364. The van der Waals surface area contributed by atoms with Gasteiger partial charge in [0, 0.05) is 35.4 Å². The largest absolute Gasteiger partial charge is 0.573 e. The number of hydrogen-bond donors (Lipinski definition) is 2. The number of rotatable bonds is 5. The normalized spacial score (nSPS) is 14.4. The Hall–Kier alpha value is -3.57. The third-order valence-corrected chi connectivity index (χ3v) is 6.27. The van der Waals surface area contributed by atoms with Gasteiger partial charge in [0.1, 0.15) is 0 Å². The highest BCUT2D eigenvalue weighted by atomic mass is 32.1. The average Bonchev–Trinajstić information content (AvgIpc) is 3.24. The maximum atomic E-state index is 12.7. The van der Waals surface area contributed by atoms with Gasteiger partial charge in [0.05, 0.1) is 35.3 Å². The van der Waals surface area contributed by atoms with Gasteiger partial charge in [-0.2, -0.15) is 0 Å². The molecule has 34 heavy (non-hydrogen) atoms. The van der Waals surface area contributed by atoms with Crippen LogP contribution in [0.2, 0.25) is 0 Å². The monoisotopic (exact) mass is 487 g/mol. The fourth-order valence-corrected chi connectivity index (χ4v) is 4.59. The molecule has 1 aliphatic rings.